The van der Waals surface area contributed by atoms with Crippen LogP contribution in [0, 0.1) is 0 Å². The first kappa shape index (κ1) is 30.1. The Morgan fingerprint density at radius 2 is 0.967 bits per heavy atom. The number of nitrogens with one attached hydrogen (secondary N) is 1. The fourth-order valence-electron chi connectivity index (χ4n) is 3.52. The zero-order valence-electron chi connectivity index (χ0n) is 20.2. The van der Waals surface area contributed by atoms with Crippen molar-refractivity contribution in [3.63, 3.8) is 0 Å². The molecule has 0 aromatic heterocycles. The van der Waals surface area contributed by atoms with Gasteiger partial charge in [-0.2, -0.15) is 0 Å². The van der Waals surface area contributed by atoms with Crippen molar-refractivity contribution in [2.75, 3.05) is 26.3 Å². The third kappa shape index (κ3) is 24.3. The van der Waals surface area contributed by atoms with Gasteiger partial charge < -0.3 is 10.2 Å². The van der Waals surface area contributed by atoms with Crippen LogP contribution in [0.3, 0.4) is 0 Å². The lowest BCUT2D eigenvalue weighted by Crippen LogP contribution is -2.20. The molecule has 0 aliphatic heterocycles. The van der Waals surface area contributed by atoms with E-state index in [1.807, 2.05) is 6.92 Å². The monoisotopic (exact) mass is 449 g/mol. The van der Waals surface area contributed by atoms with Gasteiger partial charge >= 0.3 is 7.82 Å². The molecule has 2 N–H and O–H groups in total. The van der Waals surface area contributed by atoms with Crippen molar-refractivity contribution in [3.8, 4) is 0 Å². The molecule has 0 aliphatic carbocycles. The third-order valence-electron chi connectivity index (χ3n) is 5.49. The van der Waals surface area contributed by atoms with Gasteiger partial charge in [0.15, 0.2) is 0 Å². The van der Waals surface area contributed by atoms with Crippen molar-refractivity contribution in [1.29, 1.82) is 0 Å². The predicted octanol–water partition coefficient (Wildman–Crippen LogP) is 7.77. The van der Waals surface area contributed by atoms with Gasteiger partial charge in [0.2, 0.25) is 0 Å². The van der Waals surface area contributed by atoms with Gasteiger partial charge in [-0.05, 0) is 19.4 Å². The van der Waals surface area contributed by atoms with Crippen LogP contribution in [0.4, 0.5) is 0 Å². The second-order valence-corrected chi connectivity index (χ2v) is 10.00. The Morgan fingerprint density at radius 3 is 1.43 bits per heavy atom. The van der Waals surface area contributed by atoms with Crippen LogP contribution < -0.4 is 5.32 Å². The zero-order valence-corrected chi connectivity index (χ0v) is 21.1. The fourth-order valence-corrected chi connectivity index (χ4v) is 4.27. The fraction of sp³-hybridized carbons (Fsp3) is 1.00. The Hall–Kier alpha value is 0.0700. The second-order valence-electron chi connectivity index (χ2n) is 8.54. The zero-order chi connectivity index (χ0) is 22.2. The lowest BCUT2D eigenvalue weighted by atomic mass is 10.0. The smallest absolute Gasteiger partial charge is 0.314 e. The first-order valence-electron chi connectivity index (χ1n) is 12.9. The lowest BCUT2D eigenvalue weighted by molar-refractivity contribution is 0.148. The molecule has 182 valence electrons. The second kappa shape index (κ2) is 23.7. The molecule has 0 bridgehead atoms. The minimum absolute atomic E-state index is 0.207. The lowest BCUT2D eigenvalue weighted by Gasteiger charge is -2.12. The molecule has 0 aromatic carbocycles. The van der Waals surface area contributed by atoms with E-state index in [2.05, 4.69) is 12.2 Å². The van der Waals surface area contributed by atoms with Crippen LogP contribution in [0.15, 0.2) is 0 Å². The Balaban J connectivity index is 3.15. The summed E-state index contributed by atoms with van der Waals surface area (Å²) in [6, 6.07) is 0. The summed E-state index contributed by atoms with van der Waals surface area (Å²) in [6.07, 6.45) is 23.8. The molecule has 0 rings (SSSR count). The molecule has 0 saturated carbocycles. The van der Waals surface area contributed by atoms with E-state index in [1.54, 1.807) is 0 Å². The number of rotatable bonds is 25. The average Bonchev–Trinajstić information content (AvgIpc) is 2.72. The van der Waals surface area contributed by atoms with E-state index in [-0.39, 0.29) is 13.2 Å². The number of phosphoric ester groups is 1. The highest BCUT2D eigenvalue weighted by molar-refractivity contribution is 7.47. The number of hydrogen-bond donors (Lipinski definition) is 2. The maximum Gasteiger partial charge on any atom is 0.472 e. The van der Waals surface area contributed by atoms with Crippen LogP contribution in [-0.4, -0.2) is 31.2 Å². The van der Waals surface area contributed by atoms with E-state index in [0.717, 1.165) is 25.8 Å². The van der Waals surface area contributed by atoms with Crippen LogP contribution in [0.2, 0.25) is 0 Å². The van der Waals surface area contributed by atoms with Crippen molar-refractivity contribution in [2.45, 2.75) is 129 Å². The van der Waals surface area contributed by atoms with Crippen LogP contribution in [0.5, 0.6) is 0 Å². The van der Waals surface area contributed by atoms with Gasteiger partial charge in [-0.15, -0.1) is 0 Å². The normalized spacial score (nSPS) is 13.6. The van der Waals surface area contributed by atoms with Gasteiger partial charge in [-0.1, -0.05) is 117 Å². The third-order valence-corrected chi connectivity index (χ3v) is 6.51. The quantitative estimate of drug-likeness (QED) is 0.110. The van der Waals surface area contributed by atoms with Crippen LogP contribution >= 0.6 is 7.82 Å². The summed E-state index contributed by atoms with van der Waals surface area (Å²) in [5, 5.41) is 3.26. The van der Waals surface area contributed by atoms with E-state index >= 15 is 0 Å². The minimum atomic E-state index is -3.86. The number of hydrogen-bond acceptors (Lipinski definition) is 4. The largest absolute Gasteiger partial charge is 0.472 e. The summed E-state index contributed by atoms with van der Waals surface area (Å²) < 4.78 is 21.4. The van der Waals surface area contributed by atoms with Crippen molar-refractivity contribution >= 4 is 7.82 Å². The molecule has 1 atom stereocenters. The molecule has 0 saturated heterocycles. The first-order valence-corrected chi connectivity index (χ1v) is 14.4. The topological polar surface area (TPSA) is 67.8 Å². The maximum absolute atomic E-state index is 11.6. The predicted molar refractivity (Wildman–Crippen MR) is 129 cm³/mol. The minimum Gasteiger partial charge on any atom is -0.314 e. The van der Waals surface area contributed by atoms with Crippen molar-refractivity contribution in [2.24, 2.45) is 0 Å². The summed E-state index contributed by atoms with van der Waals surface area (Å²) in [7, 11) is -3.86. The van der Waals surface area contributed by atoms with E-state index in [0.29, 0.717) is 6.54 Å². The van der Waals surface area contributed by atoms with Gasteiger partial charge in [0.25, 0.3) is 0 Å². The van der Waals surface area contributed by atoms with Crippen molar-refractivity contribution < 1.29 is 18.5 Å². The van der Waals surface area contributed by atoms with Gasteiger partial charge in [0.05, 0.1) is 13.2 Å². The summed E-state index contributed by atoms with van der Waals surface area (Å²) in [6.45, 7) is 6.29. The molecule has 5 nitrogen and oxygen atoms in total. The molecule has 0 amide bonds. The summed E-state index contributed by atoms with van der Waals surface area (Å²) in [4.78, 5) is 9.48. The Kier molecular flexibility index (Phi) is 23.8. The van der Waals surface area contributed by atoms with Crippen molar-refractivity contribution in [1.82, 2.24) is 5.32 Å². The molecule has 1 unspecified atom stereocenters. The van der Waals surface area contributed by atoms with E-state index in [1.165, 1.54) is 96.3 Å². The summed E-state index contributed by atoms with van der Waals surface area (Å²) >= 11 is 0. The molecule has 6 heteroatoms. The molecule has 0 spiro atoms. The van der Waals surface area contributed by atoms with Gasteiger partial charge in [-0.3, -0.25) is 9.05 Å². The molecule has 0 fully saturated rings. The molecule has 30 heavy (non-hydrogen) atoms. The van der Waals surface area contributed by atoms with E-state index < -0.39 is 7.82 Å². The highest BCUT2D eigenvalue weighted by Gasteiger charge is 2.19. The average molecular weight is 450 g/mol. The molecule has 0 radical (unpaired) electrons. The van der Waals surface area contributed by atoms with Gasteiger partial charge in [0, 0.05) is 6.54 Å². The Bertz CT molecular complexity index is 382. The molecule has 0 aromatic rings. The Morgan fingerprint density at radius 1 is 0.567 bits per heavy atom. The molecular formula is C24H52NO4P. The molecular weight excluding hydrogens is 397 g/mol. The standard InChI is InChI=1S/C24H52NO4P/c1-3-5-7-8-9-10-11-12-13-14-15-16-17-18-19-20-21-25-22-24-29-30(26,27)28-23-6-4-2/h25H,3-24H2,1-2H3,(H,26,27). The van der Waals surface area contributed by atoms with Gasteiger partial charge in [-0.25, -0.2) is 4.57 Å². The molecule has 0 heterocycles. The summed E-state index contributed by atoms with van der Waals surface area (Å²) in [5.74, 6) is 0. The highest BCUT2D eigenvalue weighted by atomic mass is 31.2. The molecule has 0 aliphatic rings. The van der Waals surface area contributed by atoms with Crippen LogP contribution in [0.1, 0.15) is 129 Å². The number of unbranched alkanes of at least 4 members (excludes halogenated alkanes) is 16. The van der Waals surface area contributed by atoms with Gasteiger partial charge in [0.1, 0.15) is 0 Å². The SMILES string of the molecule is CCCCCCCCCCCCCCCCCCNCCOP(=O)(O)OCCCC. The number of phosphoric acid groups is 1. The maximum atomic E-state index is 11.6. The van der Waals surface area contributed by atoms with E-state index in [9.17, 15) is 9.46 Å². The summed E-state index contributed by atoms with van der Waals surface area (Å²) in [5.41, 5.74) is 0. The highest BCUT2D eigenvalue weighted by Crippen LogP contribution is 2.42. The Labute approximate surface area is 187 Å². The van der Waals surface area contributed by atoms with Crippen molar-refractivity contribution in [3.05, 3.63) is 0 Å². The van der Waals surface area contributed by atoms with E-state index in [4.69, 9.17) is 9.05 Å². The van der Waals surface area contributed by atoms with Crippen LogP contribution in [-0.2, 0) is 13.6 Å². The first-order chi connectivity index (χ1) is 14.6. The van der Waals surface area contributed by atoms with Crippen LogP contribution in [0.25, 0.3) is 0 Å².